The monoisotopic (exact) mass is 799 g/mol. The Bertz CT molecular complexity index is 1910. The van der Waals surface area contributed by atoms with Crippen LogP contribution >= 0.6 is 11.8 Å². The average molecular weight is 800 g/mol. The van der Waals surface area contributed by atoms with Crippen molar-refractivity contribution in [3.63, 3.8) is 0 Å². The highest BCUT2D eigenvalue weighted by atomic mass is 32.2. The van der Waals surface area contributed by atoms with Gasteiger partial charge >= 0.3 is 12.1 Å². The quantitative estimate of drug-likeness (QED) is 0.121. The minimum Gasteiger partial charge on any atom is -0.487 e. The minimum absolute atomic E-state index is 0.00612. The molecule has 0 aliphatic carbocycles. The largest absolute Gasteiger partial charge is 0.487 e. The summed E-state index contributed by atoms with van der Waals surface area (Å²) >= 11 is 1.66. The van der Waals surface area contributed by atoms with Crippen molar-refractivity contribution in [2.45, 2.75) is 56.2 Å². The van der Waals surface area contributed by atoms with E-state index in [1.807, 2.05) is 26.2 Å². The summed E-state index contributed by atoms with van der Waals surface area (Å²) in [5.41, 5.74) is 2.24. The number of pyridine rings is 1. The Hall–Kier alpha value is -5.04. The Morgan fingerprint density at radius 1 is 1.05 bits per heavy atom. The molecule has 1 aromatic heterocycles. The predicted octanol–water partition coefficient (Wildman–Crippen LogP) is 3.48. The lowest BCUT2D eigenvalue weighted by atomic mass is 10.0. The lowest BCUT2D eigenvalue weighted by Crippen LogP contribution is -2.52. The number of hydrogen-bond donors (Lipinski definition) is 4. The predicted molar refractivity (Wildman–Crippen MR) is 202 cm³/mol. The number of carbonyl (C=O) groups is 3. The molecule has 296 valence electrons. The van der Waals surface area contributed by atoms with Gasteiger partial charge in [-0.1, -0.05) is 32.0 Å². The number of ether oxygens (including phenoxy) is 5. The molecule has 0 fully saturated rings. The summed E-state index contributed by atoms with van der Waals surface area (Å²) in [6.07, 6.45) is -1.15. The Labute approximate surface area is 324 Å². The van der Waals surface area contributed by atoms with Gasteiger partial charge in [-0.05, 0) is 66.6 Å². The molecule has 3 aromatic rings. The van der Waals surface area contributed by atoms with Crippen LogP contribution < -0.4 is 30.2 Å². The highest BCUT2D eigenvalue weighted by molar-refractivity contribution is 8.02. The molecule has 18 heteroatoms. The molecule has 0 saturated heterocycles. The van der Waals surface area contributed by atoms with E-state index in [1.165, 1.54) is 18.2 Å². The van der Waals surface area contributed by atoms with Gasteiger partial charge in [0.1, 0.15) is 31.7 Å². The second kappa shape index (κ2) is 19.5. The third kappa shape index (κ3) is 12.5. The van der Waals surface area contributed by atoms with E-state index in [-0.39, 0.29) is 48.2 Å². The first-order valence-electron chi connectivity index (χ1n) is 17.5. The van der Waals surface area contributed by atoms with Gasteiger partial charge in [-0.3, -0.25) is 9.78 Å². The van der Waals surface area contributed by atoms with Crippen LogP contribution in [0.2, 0.25) is 0 Å². The van der Waals surface area contributed by atoms with Gasteiger partial charge in [0.2, 0.25) is 22.7 Å². The van der Waals surface area contributed by atoms with Crippen molar-refractivity contribution in [3.8, 4) is 17.2 Å². The third-order valence-electron chi connectivity index (χ3n) is 8.20. The number of fused-ring (bicyclic) bond motifs is 1. The molecule has 2 unspecified atom stereocenters. The number of carboxylic acid groups (broad SMARTS) is 1. The molecule has 3 heterocycles. The van der Waals surface area contributed by atoms with E-state index in [0.717, 1.165) is 10.0 Å². The lowest BCUT2D eigenvalue weighted by Gasteiger charge is -2.32. The van der Waals surface area contributed by atoms with Gasteiger partial charge in [-0.2, -0.15) is 4.31 Å². The van der Waals surface area contributed by atoms with Gasteiger partial charge in [0.15, 0.2) is 11.5 Å². The summed E-state index contributed by atoms with van der Waals surface area (Å²) in [5.74, 6) is -0.373. The molecule has 0 radical (unpaired) electrons. The van der Waals surface area contributed by atoms with E-state index in [2.05, 4.69) is 20.9 Å². The van der Waals surface area contributed by atoms with E-state index < -0.39 is 59.9 Å². The van der Waals surface area contributed by atoms with E-state index in [4.69, 9.17) is 23.7 Å². The molecule has 16 nitrogen and oxygen atoms in total. The number of amides is 2. The van der Waals surface area contributed by atoms with Gasteiger partial charge in [0.25, 0.3) is 0 Å². The molecule has 3 atom stereocenters. The number of aromatic nitrogens is 1. The molecule has 55 heavy (non-hydrogen) atoms. The normalized spacial score (nSPS) is 15.9. The summed E-state index contributed by atoms with van der Waals surface area (Å²) < 4.78 is 57.3. The molecule has 2 aliphatic heterocycles. The van der Waals surface area contributed by atoms with Crippen molar-refractivity contribution in [3.05, 3.63) is 89.2 Å². The zero-order chi connectivity index (χ0) is 39.4. The average Bonchev–Trinajstić information content (AvgIpc) is 3.81. The van der Waals surface area contributed by atoms with E-state index >= 15 is 0 Å². The second-order valence-corrected chi connectivity index (χ2v) is 16.3. The van der Waals surface area contributed by atoms with Crippen LogP contribution in [0.1, 0.15) is 32.0 Å². The van der Waals surface area contributed by atoms with Gasteiger partial charge in [-0.25, -0.2) is 18.0 Å². The van der Waals surface area contributed by atoms with E-state index in [9.17, 15) is 27.9 Å². The zero-order valence-electron chi connectivity index (χ0n) is 30.6. The van der Waals surface area contributed by atoms with Gasteiger partial charge in [-0.15, -0.1) is 11.8 Å². The van der Waals surface area contributed by atoms with Crippen LogP contribution in [0, 0.1) is 5.92 Å². The lowest BCUT2D eigenvalue weighted by molar-refractivity contribution is -0.157. The molecular formula is C37H45N5O11S2. The van der Waals surface area contributed by atoms with Crippen LogP contribution in [0.3, 0.4) is 0 Å². The number of hydrogen-bond acceptors (Lipinski definition) is 13. The summed E-state index contributed by atoms with van der Waals surface area (Å²) in [6.45, 7) is 4.59. The minimum atomic E-state index is -4.25. The van der Waals surface area contributed by atoms with Crippen molar-refractivity contribution in [2.24, 2.45) is 5.92 Å². The van der Waals surface area contributed by atoms with Crippen molar-refractivity contribution >= 4 is 39.8 Å². The maximum Gasteiger partial charge on any atom is 0.405 e. The Morgan fingerprint density at radius 3 is 2.53 bits per heavy atom. The molecule has 4 N–H and O–H groups in total. The Balaban J connectivity index is 1.33. The maximum absolute atomic E-state index is 14.2. The number of carbonyl (C=O) groups excluding carboxylic acids is 2. The van der Waals surface area contributed by atoms with Gasteiger partial charge < -0.3 is 44.7 Å². The molecule has 2 aromatic carbocycles. The molecule has 0 bridgehead atoms. The zero-order valence-corrected chi connectivity index (χ0v) is 32.3. The molecular weight excluding hydrogens is 755 g/mol. The van der Waals surface area contributed by atoms with Crippen LogP contribution in [0.15, 0.2) is 82.9 Å². The number of nitrogens with one attached hydrogen (secondary N) is 3. The van der Waals surface area contributed by atoms with Crippen LogP contribution in [0.5, 0.6) is 17.2 Å². The topological polar surface area (TPSA) is 204 Å². The molecule has 5 rings (SSSR count). The highest BCUT2D eigenvalue weighted by Crippen LogP contribution is 2.35. The number of nitrogens with zero attached hydrogens (tertiary/aromatic N) is 2. The molecule has 2 aliphatic rings. The number of rotatable bonds is 20. The van der Waals surface area contributed by atoms with E-state index in [0.29, 0.717) is 29.4 Å². The number of sulfonamides is 1. The molecule has 0 saturated carbocycles. The number of esters is 1. The summed E-state index contributed by atoms with van der Waals surface area (Å²) in [6, 6.07) is 15.4. The molecule has 2 amide bonds. The van der Waals surface area contributed by atoms with Crippen LogP contribution in [-0.2, 0) is 42.1 Å². The molecule has 0 spiro atoms. The first-order valence-corrected chi connectivity index (χ1v) is 19.9. The fraction of sp³-hybridized carbons (Fsp3) is 0.405. The highest BCUT2D eigenvalue weighted by Gasteiger charge is 2.35. The first-order chi connectivity index (χ1) is 26.3. The summed E-state index contributed by atoms with van der Waals surface area (Å²) in [4.78, 5) is 41.8. The SMILES string of the molecule is CC(C)CN(CC(OC(=O)COCC(=O)NCc1ccccn1)[C@H](Cc1ccc(OCC2=CSC(C)N2)cc1)NC(=O)O)S(=O)(=O)c1ccc2c(c1)OCO2. The maximum atomic E-state index is 14.2. The van der Waals surface area contributed by atoms with Crippen molar-refractivity contribution in [1.29, 1.82) is 0 Å². The van der Waals surface area contributed by atoms with Gasteiger partial charge in [0.05, 0.1) is 40.8 Å². The van der Waals surface area contributed by atoms with Crippen LogP contribution in [0.4, 0.5) is 4.79 Å². The van der Waals surface area contributed by atoms with Crippen molar-refractivity contribution < 1.29 is 51.6 Å². The smallest absolute Gasteiger partial charge is 0.405 e. The van der Waals surface area contributed by atoms with Crippen molar-refractivity contribution in [1.82, 2.24) is 25.2 Å². The van der Waals surface area contributed by atoms with Crippen LogP contribution in [0.25, 0.3) is 0 Å². The summed E-state index contributed by atoms with van der Waals surface area (Å²) in [7, 11) is -4.25. The fourth-order valence-electron chi connectivity index (χ4n) is 5.64. The standard InChI is InChI=1S/C37H45N5O11S2/c1-24(2)17-42(55(47,48)30-11-12-32-33(15-30)52-23-51-32)18-34(53-36(44)21-49-20-35(43)39-16-27-6-4-5-13-38-27)31(41-37(45)46)14-26-7-9-29(10-8-26)50-19-28-22-54-25(3)40-28/h4-13,15,22,24-25,31,34,40-41H,14,16-21,23H2,1-3H3,(H,39,43)(H,45,46)/t25?,31-,34?/m0/s1. The third-order valence-corrected chi connectivity index (χ3v) is 11.0. The fourth-order valence-corrected chi connectivity index (χ4v) is 8.00. The summed E-state index contributed by atoms with van der Waals surface area (Å²) in [5, 5.41) is 20.5. The van der Waals surface area contributed by atoms with Crippen molar-refractivity contribution in [2.75, 3.05) is 39.7 Å². The Morgan fingerprint density at radius 2 is 1.84 bits per heavy atom. The van der Waals surface area contributed by atoms with Gasteiger partial charge in [0, 0.05) is 18.8 Å². The second-order valence-electron chi connectivity index (χ2n) is 13.1. The number of benzene rings is 2. The van der Waals surface area contributed by atoms with E-state index in [1.54, 1.807) is 60.4 Å². The van der Waals surface area contributed by atoms with Crippen LogP contribution in [-0.4, -0.2) is 98.0 Å². The Kier molecular flexibility index (Phi) is 14.6. The number of thioether (sulfide) groups is 1. The first kappa shape index (κ1) is 41.1.